The Balaban J connectivity index is 1.98. The van der Waals surface area contributed by atoms with E-state index in [2.05, 4.69) is 19.9 Å². The van der Waals surface area contributed by atoms with Crippen molar-refractivity contribution in [2.45, 2.75) is 9.92 Å². The fourth-order valence-electron chi connectivity index (χ4n) is 2.12. The van der Waals surface area contributed by atoms with Gasteiger partial charge in [0.1, 0.15) is 5.03 Å². The number of fused-ring (bicyclic) bond motifs is 2. The fourth-order valence-corrected chi connectivity index (χ4v) is 3.09. The number of hydrogen-bond donors (Lipinski definition) is 0. The topological polar surface area (TPSA) is 54.8 Å². The van der Waals surface area contributed by atoms with Crippen molar-refractivity contribution in [3.8, 4) is 0 Å². The molecule has 20 heavy (non-hydrogen) atoms. The molecule has 0 bridgehead atoms. The molecule has 0 aromatic carbocycles. The van der Waals surface area contributed by atoms with Crippen molar-refractivity contribution < 1.29 is 0 Å². The van der Waals surface area contributed by atoms with E-state index in [4.69, 9.17) is 0 Å². The molecule has 0 N–H and O–H groups in total. The SMILES string of the molecule is c1cnc(N2c3ccncc3Sc3ncccc32)nc1. The molecule has 1 aliphatic rings. The van der Waals surface area contributed by atoms with Crippen LogP contribution in [0.25, 0.3) is 0 Å². The van der Waals surface area contributed by atoms with Gasteiger partial charge in [0, 0.05) is 31.0 Å². The quantitative estimate of drug-likeness (QED) is 0.533. The van der Waals surface area contributed by atoms with Crippen molar-refractivity contribution in [2.24, 2.45) is 0 Å². The van der Waals surface area contributed by atoms with Crippen molar-refractivity contribution in [1.29, 1.82) is 0 Å². The molecule has 3 aromatic heterocycles. The van der Waals surface area contributed by atoms with Gasteiger partial charge in [0.15, 0.2) is 0 Å². The average Bonchev–Trinajstić information content (AvgIpc) is 2.53. The van der Waals surface area contributed by atoms with Crippen LogP contribution < -0.4 is 4.90 Å². The van der Waals surface area contributed by atoms with Crippen LogP contribution in [0.15, 0.2) is 65.2 Å². The van der Waals surface area contributed by atoms with Gasteiger partial charge in [-0.15, -0.1) is 0 Å². The van der Waals surface area contributed by atoms with E-state index in [0.717, 1.165) is 21.3 Å². The largest absolute Gasteiger partial charge is 0.275 e. The Morgan fingerprint density at radius 3 is 2.60 bits per heavy atom. The molecule has 0 spiro atoms. The molecule has 4 rings (SSSR count). The zero-order chi connectivity index (χ0) is 13.4. The molecule has 4 heterocycles. The first-order chi connectivity index (χ1) is 9.93. The van der Waals surface area contributed by atoms with Gasteiger partial charge in [0.25, 0.3) is 0 Å². The first kappa shape index (κ1) is 11.4. The molecular weight excluding hydrogens is 270 g/mol. The molecule has 0 aliphatic carbocycles. The highest BCUT2D eigenvalue weighted by Gasteiger charge is 2.26. The van der Waals surface area contributed by atoms with Gasteiger partial charge in [0.05, 0.1) is 16.3 Å². The predicted molar refractivity (Wildman–Crippen MR) is 76.4 cm³/mol. The minimum absolute atomic E-state index is 0.634. The average molecular weight is 279 g/mol. The van der Waals surface area contributed by atoms with Crippen LogP contribution in [0.4, 0.5) is 17.3 Å². The highest BCUT2D eigenvalue weighted by Crippen LogP contribution is 2.48. The van der Waals surface area contributed by atoms with E-state index in [1.54, 1.807) is 42.6 Å². The molecule has 0 amide bonds. The van der Waals surface area contributed by atoms with Crippen molar-refractivity contribution in [3.63, 3.8) is 0 Å². The molecule has 3 aromatic rings. The van der Waals surface area contributed by atoms with Gasteiger partial charge >= 0.3 is 0 Å². The summed E-state index contributed by atoms with van der Waals surface area (Å²) in [6.45, 7) is 0. The smallest absolute Gasteiger partial charge is 0.234 e. The van der Waals surface area contributed by atoms with Crippen molar-refractivity contribution >= 4 is 29.1 Å². The molecule has 0 saturated carbocycles. The lowest BCUT2D eigenvalue weighted by molar-refractivity contribution is 0.997. The first-order valence-corrected chi connectivity index (χ1v) is 6.89. The zero-order valence-electron chi connectivity index (χ0n) is 10.3. The second-order valence-corrected chi connectivity index (χ2v) is 5.19. The third-order valence-electron chi connectivity index (χ3n) is 2.95. The maximum absolute atomic E-state index is 4.43. The standard InChI is InChI=1S/C14H9N5S/c1-3-11-13(16-5-1)20-12-9-15-8-4-10(12)19(11)14-17-6-2-7-18-14/h1-9H. The zero-order valence-corrected chi connectivity index (χ0v) is 11.2. The van der Waals surface area contributed by atoms with Gasteiger partial charge in [0.2, 0.25) is 5.95 Å². The maximum atomic E-state index is 4.43. The van der Waals surface area contributed by atoms with E-state index in [1.165, 1.54) is 0 Å². The van der Waals surface area contributed by atoms with E-state index in [0.29, 0.717) is 5.95 Å². The Kier molecular flexibility index (Phi) is 2.60. The van der Waals surface area contributed by atoms with E-state index in [-0.39, 0.29) is 0 Å². The molecule has 1 aliphatic heterocycles. The summed E-state index contributed by atoms with van der Waals surface area (Å²) in [6, 6.07) is 7.71. The van der Waals surface area contributed by atoms with Crippen LogP contribution in [0.2, 0.25) is 0 Å². The molecule has 0 radical (unpaired) electrons. The highest BCUT2D eigenvalue weighted by molar-refractivity contribution is 7.99. The molecule has 0 unspecified atom stereocenters. The van der Waals surface area contributed by atoms with Crippen molar-refractivity contribution in [1.82, 2.24) is 19.9 Å². The number of rotatable bonds is 1. The Morgan fingerprint density at radius 1 is 0.850 bits per heavy atom. The first-order valence-electron chi connectivity index (χ1n) is 6.07. The summed E-state index contributed by atoms with van der Waals surface area (Å²) in [4.78, 5) is 20.4. The molecule has 5 nitrogen and oxygen atoms in total. The second-order valence-electron chi connectivity index (χ2n) is 4.16. The lowest BCUT2D eigenvalue weighted by Gasteiger charge is -2.29. The third kappa shape index (κ3) is 1.73. The van der Waals surface area contributed by atoms with Gasteiger partial charge < -0.3 is 0 Å². The summed E-state index contributed by atoms with van der Waals surface area (Å²) in [7, 11) is 0. The Bertz CT molecular complexity index is 717. The van der Waals surface area contributed by atoms with Crippen molar-refractivity contribution in [2.75, 3.05) is 4.90 Å². The van der Waals surface area contributed by atoms with Crippen LogP contribution >= 0.6 is 11.8 Å². The maximum Gasteiger partial charge on any atom is 0.234 e. The van der Waals surface area contributed by atoms with Gasteiger partial charge in [-0.05, 0) is 24.3 Å². The number of nitrogens with zero attached hydrogens (tertiary/aromatic N) is 5. The summed E-state index contributed by atoms with van der Waals surface area (Å²) in [5.74, 6) is 0.634. The molecule has 0 saturated heterocycles. The molecule has 0 fully saturated rings. The summed E-state index contributed by atoms with van der Waals surface area (Å²) in [5.41, 5.74) is 2.01. The Hall–Kier alpha value is -2.47. The van der Waals surface area contributed by atoms with Gasteiger partial charge in [-0.2, -0.15) is 0 Å². The monoisotopic (exact) mass is 279 g/mol. The van der Waals surface area contributed by atoms with Gasteiger partial charge in [-0.3, -0.25) is 9.88 Å². The third-order valence-corrected chi connectivity index (χ3v) is 4.00. The molecule has 96 valence electrons. The van der Waals surface area contributed by atoms with Gasteiger partial charge in [-0.1, -0.05) is 11.8 Å². The minimum Gasteiger partial charge on any atom is -0.275 e. The number of hydrogen-bond acceptors (Lipinski definition) is 6. The van der Waals surface area contributed by atoms with Crippen LogP contribution in [0.3, 0.4) is 0 Å². The summed E-state index contributed by atoms with van der Waals surface area (Å²) in [6.07, 6.45) is 8.88. The predicted octanol–water partition coefficient (Wildman–Crippen LogP) is 3.20. The van der Waals surface area contributed by atoms with E-state index < -0.39 is 0 Å². The Labute approximate surface area is 119 Å². The highest BCUT2D eigenvalue weighted by atomic mass is 32.2. The minimum atomic E-state index is 0.634. The fraction of sp³-hybridized carbons (Fsp3) is 0. The summed E-state index contributed by atoms with van der Waals surface area (Å²) < 4.78 is 0. The molecule has 0 atom stereocenters. The number of anilines is 3. The van der Waals surface area contributed by atoms with E-state index in [9.17, 15) is 0 Å². The number of pyridine rings is 2. The summed E-state index contributed by atoms with van der Waals surface area (Å²) in [5, 5.41) is 0.931. The second kappa shape index (κ2) is 4.57. The lowest BCUT2D eigenvalue weighted by Crippen LogP contribution is -2.17. The molecular formula is C14H9N5S. The molecule has 6 heteroatoms. The Morgan fingerprint density at radius 2 is 1.70 bits per heavy atom. The van der Waals surface area contributed by atoms with Crippen LogP contribution in [0, 0.1) is 0 Å². The van der Waals surface area contributed by atoms with Crippen molar-refractivity contribution in [3.05, 3.63) is 55.2 Å². The van der Waals surface area contributed by atoms with Crippen LogP contribution in [0.1, 0.15) is 0 Å². The van der Waals surface area contributed by atoms with Gasteiger partial charge in [-0.25, -0.2) is 15.0 Å². The normalized spacial score (nSPS) is 12.7. The van der Waals surface area contributed by atoms with E-state index >= 15 is 0 Å². The summed E-state index contributed by atoms with van der Waals surface area (Å²) >= 11 is 1.61. The van der Waals surface area contributed by atoms with Crippen LogP contribution in [-0.2, 0) is 0 Å². The van der Waals surface area contributed by atoms with Crippen LogP contribution in [0.5, 0.6) is 0 Å². The lowest BCUT2D eigenvalue weighted by atomic mass is 10.3. The van der Waals surface area contributed by atoms with Crippen LogP contribution in [-0.4, -0.2) is 19.9 Å². The number of aromatic nitrogens is 4. The van der Waals surface area contributed by atoms with E-state index in [1.807, 2.05) is 29.3 Å².